The monoisotopic (exact) mass is 270 g/mol. The van der Waals surface area contributed by atoms with Crippen LogP contribution in [0.2, 0.25) is 0 Å². The van der Waals surface area contributed by atoms with Crippen LogP contribution in [0.25, 0.3) is 0 Å². The van der Waals surface area contributed by atoms with Gasteiger partial charge in [-0.3, -0.25) is 9.59 Å². The van der Waals surface area contributed by atoms with Crippen molar-refractivity contribution in [2.45, 2.75) is 52.7 Å². The lowest BCUT2D eigenvalue weighted by molar-refractivity contribution is -0.147. The predicted molar refractivity (Wildman–Crippen MR) is 73.7 cm³/mol. The van der Waals surface area contributed by atoms with Crippen molar-refractivity contribution in [3.63, 3.8) is 0 Å². The van der Waals surface area contributed by atoms with Gasteiger partial charge in [0, 0.05) is 6.54 Å². The molecule has 1 saturated heterocycles. The van der Waals surface area contributed by atoms with Gasteiger partial charge in [-0.05, 0) is 33.1 Å². The molecule has 5 heteroatoms. The zero-order valence-electron chi connectivity index (χ0n) is 12.7. The fourth-order valence-corrected chi connectivity index (χ4v) is 2.11. The van der Waals surface area contributed by atoms with Crippen LogP contribution in [0.1, 0.15) is 41.0 Å². The highest BCUT2D eigenvalue weighted by Gasteiger charge is 2.34. The smallest absolute Gasteiger partial charge is 0.243 e. The average Bonchev–Trinajstić information content (AvgIpc) is 2.25. The van der Waals surface area contributed by atoms with Gasteiger partial charge >= 0.3 is 0 Å². The van der Waals surface area contributed by atoms with Crippen LogP contribution >= 0.6 is 0 Å². The van der Waals surface area contributed by atoms with E-state index in [9.17, 15) is 9.59 Å². The van der Waals surface area contributed by atoms with Crippen LogP contribution in [0.3, 0.4) is 0 Å². The fraction of sp³-hybridized carbons (Fsp3) is 0.857. The molecule has 1 aliphatic rings. The summed E-state index contributed by atoms with van der Waals surface area (Å²) in [7, 11) is 0. The van der Waals surface area contributed by atoms with Crippen molar-refractivity contribution >= 4 is 11.8 Å². The van der Waals surface area contributed by atoms with Crippen LogP contribution in [0, 0.1) is 5.92 Å². The molecule has 0 aliphatic carbocycles. The SMILES string of the molecule is CC(C)CC1C(=O)NCC(=O)N1CCOC(C)(C)C. The van der Waals surface area contributed by atoms with Crippen LogP contribution in [-0.4, -0.2) is 48.1 Å². The topological polar surface area (TPSA) is 58.6 Å². The number of piperazine rings is 1. The summed E-state index contributed by atoms with van der Waals surface area (Å²) in [4.78, 5) is 25.5. The first kappa shape index (κ1) is 16.0. The van der Waals surface area contributed by atoms with E-state index in [0.29, 0.717) is 25.5 Å². The molecule has 1 fully saturated rings. The quantitative estimate of drug-likeness (QED) is 0.816. The number of carbonyl (C=O) groups is 2. The van der Waals surface area contributed by atoms with Gasteiger partial charge in [0.25, 0.3) is 0 Å². The number of ether oxygens (including phenoxy) is 1. The second-order valence-electron chi connectivity index (χ2n) is 6.41. The summed E-state index contributed by atoms with van der Waals surface area (Å²) in [6.45, 7) is 11.1. The molecule has 0 aromatic rings. The second-order valence-corrected chi connectivity index (χ2v) is 6.41. The number of nitrogens with zero attached hydrogens (tertiary/aromatic N) is 1. The van der Waals surface area contributed by atoms with Crippen LogP contribution < -0.4 is 5.32 Å². The molecule has 1 heterocycles. The molecule has 0 aromatic heterocycles. The Morgan fingerprint density at radius 2 is 2.00 bits per heavy atom. The summed E-state index contributed by atoms with van der Waals surface area (Å²) in [5, 5.41) is 2.65. The first-order valence-electron chi connectivity index (χ1n) is 6.92. The maximum atomic E-state index is 11.9. The molecule has 0 spiro atoms. The molecule has 19 heavy (non-hydrogen) atoms. The first-order chi connectivity index (χ1) is 8.70. The second kappa shape index (κ2) is 6.37. The Balaban J connectivity index is 2.62. The highest BCUT2D eigenvalue weighted by molar-refractivity contribution is 5.94. The minimum atomic E-state index is -0.357. The number of nitrogens with one attached hydrogen (secondary N) is 1. The highest BCUT2D eigenvalue weighted by atomic mass is 16.5. The van der Waals surface area contributed by atoms with Gasteiger partial charge in [0.15, 0.2) is 0 Å². The highest BCUT2D eigenvalue weighted by Crippen LogP contribution is 2.15. The summed E-state index contributed by atoms with van der Waals surface area (Å²) in [6, 6.07) is -0.357. The van der Waals surface area contributed by atoms with E-state index in [0.717, 1.165) is 0 Å². The zero-order valence-corrected chi connectivity index (χ0v) is 12.7. The van der Waals surface area contributed by atoms with Crippen molar-refractivity contribution in [1.29, 1.82) is 0 Å². The van der Waals surface area contributed by atoms with Gasteiger partial charge in [0.1, 0.15) is 6.04 Å². The van der Waals surface area contributed by atoms with Gasteiger partial charge in [0.05, 0.1) is 18.8 Å². The van der Waals surface area contributed by atoms with Crippen LogP contribution in [-0.2, 0) is 14.3 Å². The minimum Gasteiger partial charge on any atom is -0.374 e. The number of hydrogen-bond acceptors (Lipinski definition) is 3. The molecule has 1 aliphatic heterocycles. The molecule has 0 saturated carbocycles. The molecular formula is C14H26N2O3. The van der Waals surface area contributed by atoms with E-state index >= 15 is 0 Å². The number of rotatable bonds is 5. The molecule has 1 atom stereocenters. The third-order valence-corrected chi connectivity index (χ3v) is 2.97. The van der Waals surface area contributed by atoms with Crippen molar-refractivity contribution in [3.8, 4) is 0 Å². The van der Waals surface area contributed by atoms with E-state index < -0.39 is 0 Å². The van der Waals surface area contributed by atoms with Gasteiger partial charge in [-0.1, -0.05) is 13.8 Å². The number of amides is 2. The van der Waals surface area contributed by atoms with E-state index in [4.69, 9.17) is 4.74 Å². The van der Waals surface area contributed by atoms with Crippen molar-refractivity contribution in [1.82, 2.24) is 10.2 Å². The van der Waals surface area contributed by atoms with Crippen molar-refractivity contribution in [3.05, 3.63) is 0 Å². The Labute approximate surface area is 115 Å². The Morgan fingerprint density at radius 3 is 2.53 bits per heavy atom. The molecule has 1 unspecified atom stereocenters. The minimum absolute atomic E-state index is 0.0252. The molecule has 2 amide bonds. The van der Waals surface area contributed by atoms with Crippen LogP contribution in [0.5, 0.6) is 0 Å². The van der Waals surface area contributed by atoms with Crippen molar-refractivity contribution < 1.29 is 14.3 Å². The van der Waals surface area contributed by atoms with E-state index in [-0.39, 0.29) is 30.0 Å². The van der Waals surface area contributed by atoms with E-state index in [1.807, 2.05) is 20.8 Å². The lowest BCUT2D eigenvalue weighted by atomic mass is 10.00. The summed E-state index contributed by atoms with van der Waals surface area (Å²) >= 11 is 0. The zero-order chi connectivity index (χ0) is 14.6. The van der Waals surface area contributed by atoms with Crippen LogP contribution in [0.4, 0.5) is 0 Å². The molecule has 110 valence electrons. The van der Waals surface area contributed by atoms with Crippen molar-refractivity contribution in [2.75, 3.05) is 19.7 Å². The molecular weight excluding hydrogens is 244 g/mol. The standard InChI is InChI=1S/C14H26N2O3/c1-10(2)8-11-13(18)15-9-12(17)16(11)6-7-19-14(3,4)5/h10-11H,6-9H2,1-5H3,(H,15,18). The molecule has 0 radical (unpaired) electrons. The molecule has 5 nitrogen and oxygen atoms in total. The van der Waals surface area contributed by atoms with Gasteiger partial charge in [-0.25, -0.2) is 0 Å². The number of carbonyl (C=O) groups excluding carboxylic acids is 2. The largest absolute Gasteiger partial charge is 0.374 e. The molecule has 1 rings (SSSR count). The predicted octanol–water partition coefficient (Wildman–Crippen LogP) is 1.17. The Morgan fingerprint density at radius 1 is 1.37 bits per heavy atom. The van der Waals surface area contributed by atoms with Gasteiger partial charge < -0.3 is 15.0 Å². The third-order valence-electron chi connectivity index (χ3n) is 2.97. The summed E-state index contributed by atoms with van der Waals surface area (Å²) in [6.07, 6.45) is 0.688. The molecule has 0 bridgehead atoms. The van der Waals surface area contributed by atoms with Crippen molar-refractivity contribution in [2.24, 2.45) is 5.92 Å². The summed E-state index contributed by atoms with van der Waals surface area (Å²) in [5.74, 6) is 0.291. The summed E-state index contributed by atoms with van der Waals surface area (Å²) < 4.78 is 5.64. The van der Waals surface area contributed by atoms with E-state index in [1.54, 1.807) is 4.90 Å². The first-order valence-corrected chi connectivity index (χ1v) is 6.92. The Bertz CT molecular complexity index is 334. The maximum Gasteiger partial charge on any atom is 0.243 e. The Kier molecular flexibility index (Phi) is 5.35. The van der Waals surface area contributed by atoms with Crippen LogP contribution in [0.15, 0.2) is 0 Å². The molecule has 0 aromatic carbocycles. The average molecular weight is 270 g/mol. The lowest BCUT2D eigenvalue weighted by Gasteiger charge is -2.36. The van der Waals surface area contributed by atoms with Gasteiger partial charge in [-0.15, -0.1) is 0 Å². The lowest BCUT2D eigenvalue weighted by Crippen LogP contribution is -2.59. The van der Waals surface area contributed by atoms with Gasteiger partial charge in [-0.2, -0.15) is 0 Å². The van der Waals surface area contributed by atoms with E-state index in [1.165, 1.54) is 0 Å². The molecule has 1 N–H and O–H groups in total. The third kappa shape index (κ3) is 5.19. The summed E-state index contributed by atoms with van der Waals surface area (Å²) in [5.41, 5.74) is -0.228. The normalized spacial score (nSPS) is 20.9. The van der Waals surface area contributed by atoms with E-state index in [2.05, 4.69) is 19.2 Å². The maximum absolute atomic E-state index is 11.9. The Hall–Kier alpha value is -1.10. The fourth-order valence-electron chi connectivity index (χ4n) is 2.11. The number of hydrogen-bond donors (Lipinski definition) is 1. The van der Waals surface area contributed by atoms with Gasteiger partial charge in [0.2, 0.25) is 11.8 Å².